The van der Waals surface area contributed by atoms with Gasteiger partial charge in [-0.25, -0.2) is 4.21 Å². The highest BCUT2D eigenvalue weighted by atomic mass is 32.2. The van der Waals surface area contributed by atoms with Gasteiger partial charge in [-0.1, -0.05) is 29.8 Å². The minimum atomic E-state index is -4.65. The van der Waals surface area contributed by atoms with E-state index in [0.29, 0.717) is 4.90 Å². The number of aromatic hydroxyl groups is 2. The lowest BCUT2D eigenvalue weighted by Crippen LogP contribution is -2.04. The topological polar surface area (TPSA) is 82.2 Å². The summed E-state index contributed by atoms with van der Waals surface area (Å²) in [6.07, 6.45) is -4.65. The summed E-state index contributed by atoms with van der Waals surface area (Å²) in [6, 6.07) is 13.3. The standard InChI is InChI=1S/C20H15F3N2O3S/c1-12-6-8-13(9-7-12)29(28)19-17(27)11-10-16(26)18(19)25-24-15-5-3-2-4-14(15)20(21,22)23/h2-11,26-27H,1H3. The van der Waals surface area contributed by atoms with E-state index in [0.717, 1.165) is 29.8 Å². The molecule has 0 aliphatic carbocycles. The number of azo groups is 1. The average Bonchev–Trinajstić information content (AvgIpc) is 2.68. The molecule has 1 unspecified atom stereocenters. The van der Waals surface area contributed by atoms with Gasteiger partial charge in [0.15, 0.2) is 0 Å². The van der Waals surface area contributed by atoms with Crippen molar-refractivity contribution in [2.75, 3.05) is 0 Å². The van der Waals surface area contributed by atoms with Gasteiger partial charge >= 0.3 is 6.18 Å². The average molecular weight is 420 g/mol. The molecule has 0 spiro atoms. The van der Waals surface area contributed by atoms with Crippen LogP contribution in [-0.2, 0) is 17.0 Å². The van der Waals surface area contributed by atoms with Gasteiger partial charge in [-0.05, 0) is 43.3 Å². The highest BCUT2D eigenvalue weighted by Gasteiger charge is 2.33. The molecule has 3 aromatic carbocycles. The highest BCUT2D eigenvalue weighted by Crippen LogP contribution is 2.42. The van der Waals surface area contributed by atoms with Crippen LogP contribution in [0, 0.1) is 6.92 Å². The lowest BCUT2D eigenvalue weighted by Gasteiger charge is -2.11. The molecule has 150 valence electrons. The van der Waals surface area contributed by atoms with E-state index in [1.54, 1.807) is 24.3 Å². The van der Waals surface area contributed by atoms with Gasteiger partial charge in [-0.15, -0.1) is 10.2 Å². The number of benzene rings is 3. The van der Waals surface area contributed by atoms with E-state index in [9.17, 15) is 27.6 Å². The highest BCUT2D eigenvalue weighted by molar-refractivity contribution is 7.85. The molecule has 1 atom stereocenters. The third kappa shape index (κ3) is 4.45. The van der Waals surface area contributed by atoms with E-state index in [2.05, 4.69) is 10.2 Å². The normalized spacial score (nSPS) is 13.0. The van der Waals surface area contributed by atoms with E-state index < -0.39 is 39.7 Å². The molecule has 2 N–H and O–H groups in total. The van der Waals surface area contributed by atoms with Crippen molar-refractivity contribution >= 4 is 22.2 Å². The van der Waals surface area contributed by atoms with Crippen molar-refractivity contribution < 1.29 is 27.6 Å². The predicted molar refractivity (Wildman–Crippen MR) is 101 cm³/mol. The maximum atomic E-state index is 13.1. The molecule has 0 heterocycles. The second-order valence-corrected chi connectivity index (χ2v) is 7.50. The molecule has 0 saturated heterocycles. The van der Waals surface area contributed by atoms with Crippen LogP contribution in [0.1, 0.15) is 11.1 Å². The molecule has 0 bridgehead atoms. The minimum Gasteiger partial charge on any atom is -0.507 e. The van der Waals surface area contributed by atoms with Crippen LogP contribution >= 0.6 is 0 Å². The molecule has 0 saturated carbocycles. The van der Waals surface area contributed by atoms with Crippen molar-refractivity contribution in [3.8, 4) is 11.5 Å². The fraction of sp³-hybridized carbons (Fsp3) is 0.100. The summed E-state index contributed by atoms with van der Waals surface area (Å²) in [6.45, 7) is 1.84. The van der Waals surface area contributed by atoms with Crippen molar-refractivity contribution in [2.24, 2.45) is 10.2 Å². The summed E-state index contributed by atoms with van der Waals surface area (Å²) in [7, 11) is -1.95. The zero-order chi connectivity index (χ0) is 21.2. The monoisotopic (exact) mass is 420 g/mol. The Morgan fingerprint density at radius 1 is 0.862 bits per heavy atom. The number of hydrogen-bond acceptors (Lipinski definition) is 5. The summed E-state index contributed by atoms with van der Waals surface area (Å²) >= 11 is 0. The van der Waals surface area contributed by atoms with E-state index >= 15 is 0 Å². The van der Waals surface area contributed by atoms with Gasteiger partial charge < -0.3 is 10.2 Å². The molecule has 0 aliphatic rings. The number of aryl methyl sites for hydroxylation is 1. The molecular weight excluding hydrogens is 405 g/mol. The molecule has 0 aromatic heterocycles. The number of phenolic OH excluding ortho intramolecular Hbond substituents is 2. The second kappa shape index (κ2) is 8.04. The lowest BCUT2D eigenvalue weighted by atomic mass is 10.2. The Morgan fingerprint density at radius 2 is 1.48 bits per heavy atom. The Bertz CT molecular complexity index is 1100. The Morgan fingerprint density at radius 3 is 2.14 bits per heavy atom. The predicted octanol–water partition coefficient (Wildman–Crippen LogP) is 6.01. The molecule has 9 heteroatoms. The van der Waals surface area contributed by atoms with E-state index in [4.69, 9.17) is 0 Å². The largest absolute Gasteiger partial charge is 0.507 e. The van der Waals surface area contributed by atoms with Gasteiger partial charge in [-0.3, -0.25) is 0 Å². The van der Waals surface area contributed by atoms with Crippen molar-refractivity contribution in [2.45, 2.75) is 22.9 Å². The Kier molecular flexibility index (Phi) is 5.69. The first-order chi connectivity index (χ1) is 13.7. The van der Waals surface area contributed by atoms with Crippen LogP contribution in [0.4, 0.5) is 24.5 Å². The van der Waals surface area contributed by atoms with Crippen molar-refractivity contribution in [3.63, 3.8) is 0 Å². The Balaban J connectivity index is 2.10. The third-order valence-electron chi connectivity index (χ3n) is 3.98. The van der Waals surface area contributed by atoms with Gasteiger partial charge in [0.25, 0.3) is 0 Å². The fourth-order valence-electron chi connectivity index (χ4n) is 2.51. The molecule has 0 aliphatic heterocycles. The number of alkyl halides is 3. The third-order valence-corrected chi connectivity index (χ3v) is 5.45. The number of hydrogen-bond donors (Lipinski definition) is 2. The fourth-order valence-corrected chi connectivity index (χ4v) is 3.71. The van der Waals surface area contributed by atoms with Crippen LogP contribution in [0.2, 0.25) is 0 Å². The summed E-state index contributed by atoms with van der Waals surface area (Å²) < 4.78 is 52.4. The van der Waals surface area contributed by atoms with Gasteiger partial charge in [-0.2, -0.15) is 13.2 Å². The van der Waals surface area contributed by atoms with E-state index in [1.807, 2.05) is 6.92 Å². The summed E-state index contributed by atoms with van der Waals surface area (Å²) in [5.41, 5.74) is -0.935. The molecule has 0 amide bonds. The second-order valence-electron chi connectivity index (χ2n) is 6.08. The van der Waals surface area contributed by atoms with Crippen LogP contribution in [-0.4, -0.2) is 14.4 Å². The molecule has 5 nitrogen and oxygen atoms in total. The zero-order valence-corrected chi connectivity index (χ0v) is 15.8. The SMILES string of the molecule is Cc1ccc(S(=O)c2c(O)ccc(O)c2N=Nc2ccccc2C(F)(F)F)cc1. The Hall–Kier alpha value is -3.20. The van der Waals surface area contributed by atoms with Gasteiger partial charge in [0.2, 0.25) is 0 Å². The van der Waals surface area contributed by atoms with Gasteiger partial charge in [0, 0.05) is 4.90 Å². The maximum absolute atomic E-state index is 13.1. The van der Waals surface area contributed by atoms with Crippen LogP contribution in [0.15, 0.2) is 80.7 Å². The van der Waals surface area contributed by atoms with Crippen LogP contribution in [0.25, 0.3) is 0 Å². The first-order valence-electron chi connectivity index (χ1n) is 8.30. The quantitative estimate of drug-likeness (QED) is 0.401. The Labute approximate surface area is 166 Å². The summed E-state index contributed by atoms with van der Waals surface area (Å²) in [5, 5.41) is 27.6. The van der Waals surface area contributed by atoms with Crippen molar-refractivity contribution in [1.29, 1.82) is 0 Å². The molecule has 29 heavy (non-hydrogen) atoms. The molecule has 3 rings (SSSR count). The van der Waals surface area contributed by atoms with E-state index in [1.165, 1.54) is 12.1 Å². The maximum Gasteiger partial charge on any atom is 0.418 e. The van der Waals surface area contributed by atoms with Gasteiger partial charge in [0.05, 0.1) is 22.1 Å². The van der Waals surface area contributed by atoms with E-state index in [-0.39, 0.29) is 10.6 Å². The summed E-state index contributed by atoms with van der Waals surface area (Å²) in [5.74, 6) is -0.911. The number of nitrogens with zero attached hydrogens (tertiary/aromatic N) is 2. The molecule has 0 radical (unpaired) electrons. The van der Waals surface area contributed by atoms with Gasteiger partial charge in [0.1, 0.15) is 22.1 Å². The van der Waals surface area contributed by atoms with Crippen LogP contribution in [0.3, 0.4) is 0 Å². The smallest absolute Gasteiger partial charge is 0.418 e. The van der Waals surface area contributed by atoms with Crippen molar-refractivity contribution in [1.82, 2.24) is 0 Å². The summed E-state index contributed by atoms with van der Waals surface area (Å²) in [4.78, 5) is 0.0748. The molecular formula is C20H15F3N2O3S. The number of phenols is 2. The number of rotatable bonds is 4. The van der Waals surface area contributed by atoms with Crippen LogP contribution < -0.4 is 0 Å². The first kappa shape index (κ1) is 20.5. The minimum absolute atomic E-state index is 0.248. The van der Waals surface area contributed by atoms with Crippen LogP contribution in [0.5, 0.6) is 11.5 Å². The molecule has 3 aromatic rings. The number of halogens is 3. The van der Waals surface area contributed by atoms with Crippen molar-refractivity contribution in [3.05, 3.63) is 71.8 Å². The lowest BCUT2D eigenvalue weighted by molar-refractivity contribution is -0.137. The molecule has 0 fully saturated rings. The first-order valence-corrected chi connectivity index (χ1v) is 9.45. The zero-order valence-electron chi connectivity index (χ0n) is 15.0.